The van der Waals surface area contributed by atoms with Gasteiger partial charge in [0.1, 0.15) is 5.84 Å². The van der Waals surface area contributed by atoms with Gasteiger partial charge in [0.05, 0.1) is 0 Å². The molecule has 0 aliphatic carbocycles. The van der Waals surface area contributed by atoms with E-state index in [0.717, 1.165) is 19.4 Å². The molecule has 1 heterocycles. The molecule has 0 unspecified atom stereocenters. The van der Waals surface area contributed by atoms with Crippen LogP contribution in [0.5, 0.6) is 0 Å². The Balaban J connectivity index is 2.06. The van der Waals surface area contributed by atoms with Crippen molar-refractivity contribution in [2.75, 3.05) is 32.7 Å². The number of hydrogen-bond donors (Lipinski definition) is 2. The van der Waals surface area contributed by atoms with Gasteiger partial charge in [-0.1, -0.05) is 5.16 Å². The SMILES string of the molecule is CC(C)N1CCN(CCCC/C(N)=N/O)CC1. The molecule has 1 aliphatic rings. The van der Waals surface area contributed by atoms with E-state index in [1.165, 1.54) is 26.2 Å². The van der Waals surface area contributed by atoms with E-state index in [2.05, 4.69) is 28.8 Å². The summed E-state index contributed by atoms with van der Waals surface area (Å²) < 4.78 is 0. The molecule has 1 rings (SSSR count). The molecule has 5 nitrogen and oxygen atoms in total. The molecule has 1 fully saturated rings. The zero-order valence-corrected chi connectivity index (χ0v) is 11.1. The smallest absolute Gasteiger partial charge is 0.139 e. The van der Waals surface area contributed by atoms with Gasteiger partial charge in [-0.15, -0.1) is 0 Å². The third kappa shape index (κ3) is 5.37. The second kappa shape index (κ2) is 7.50. The largest absolute Gasteiger partial charge is 0.409 e. The molecule has 17 heavy (non-hydrogen) atoms. The fraction of sp³-hybridized carbons (Fsp3) is 0.917. The number of hydrogen-bond acceptors (Lipinski definition) is 4. The molecular weight excluding hydrogens is 216 g/mol. The highest BCUT2D eigenvalue weighted by atomic mass is 16.4. The molecule has 5 heteroatoms. The Morgan fingerprint density at radius 3 is 2.41 bits per heavy atom. The van der Waals surface area contributed by atoms with Crippen LogP contribution >= 0.6 is 0 Å². The van der Waals surface area contributed by atoms with Crippen LogP contribution in [0.3, 0.4) is 0 Å². The van der Waals surface area contributed by atoms with E-state index in [1.807, 2.05) is 0 Å². The van der Waals surface area contributed by atoms with Gasteiger partial charge in [0.25, 0.3) is 0 Å². The number of unbranched alkanes of at least 4 members (excludes halogenated alkanes) is 1. The summed E-state index contributed by atoms with van der Waals surface area (Å²) in [6.07, 6.45) is 2.82. The van der Waals surface area contributed by atoms with Crippen molar-refractivity contribution in [3.05, 3.63) is 0 Å². The van der Waals surface area contributed by atoms with Gasteiger partial charge in [0.2, 0.25) is 0 Å². The van der Waals surface area contributed by atoms with Crippen molar-refractivity contribution < 1.29 is 5.21 Å². The number of piperazine rings is 1. The molecule has 0 spiro atoms. The van der Waals surface area contributed by atoms with E-state index < -0.39 is 0 Å². The average molecular weight is 242 g/mol. The summed E-state index contributed by atoms with van der Waals surface area (Å²) in [6.45, 7) is 10.3. The molecule has 0 aromatic heterocycles. The fourth-order valence-corrected chi connectivity index (χ4v) is 2.19. The summed E-state index contributed by atoms with van der Waals surface area (Å²) >= 11 is 0. The quantitative estimate of drug-likeness (QED) is 0.239. The first kappa shape index (κ1) is 14.3. The first-order valence-corrected chi connectivity index (χ1v) is 6.56. The zero-order valence-electron chi connectivity index (χ0n) is 11.1. The number of rotatable bonds is 6. The number of nitrogens with zero attached hydrogens (tertiary/aromatic N) is 3. The topological polar surface area (TPSA) is 65.1 Å². The number of amidine groups is 1. The first-order valence-electron chi connectivity index (χ1n) is 6.56. The average Bonchev–Trinajstić information content (AvgIpc) is 2.34. The second-order valence-corrected chi connectivity index (χ2v) is 5.02. The normalized spacial score (nSPS) is 20.1. The Hall–Kier alpha value is -0.810. The summed E-state index contributed by atoms with van der Waals surface area (Å²) in [6, 6.07) is 0.665. The summed E-state index contributed by atoms with van der Waals surface area (Å²) in [5, 5.41) is 11.4. The van der Waals surface area contributed by atoms with E-state index in [9.17, 15) is 0 Å². The van der Waals surface area contributed by atoms with Crippen LogP contribution in [0.2, 0.25) is 0 Å². The van der Waals surface area contributed by atoms with Crippen molar-refractivity contribution in [3.63, 3.8) is 0 Å². The fourth-order valence-electron chi connectivity index (χ4n) is 2.19. The van der Waals surface area contributed by atoms with Crippen molar-refractivity contribution in [2.24, 2.45) is 10.9 Å². The van der Waals surface area contributed by atoms with Crippen molar-refractivity contribution >= 4 is 5.84 Å². The van der Waals surface area contributed by atoms with E-state index in [-0.39, 0.29) is 0 Å². The lowest BCUT2D eigenvalue weighted by molar-refractivity contribution is 0.107. The van der Waals surface area contributed by atoms with Crippen LogP contribution in [0, 0.1) is 0 Å². The Bertz CT molecular complexity index is 235. The lowest BCUT2D eigenvalue weighted by Gasteiger charge is -2.36. The van der Waals surface area contributed by atoms with E-state index in [4.69, 9.17) is 10.9 Å². The van der Waals surface area contributed by atoms with Gasteiger partial charge >= 0.3 is 0 Å². The van der Waals surface area contributed by atoms with Gasteiger partial charge in [-0.2, -0.15) is 0 Å². The lowest BCUT2D eigenvalue weighted by atomic mass is 10.2. The Morgan fingerprint density at radius 2 is 1.88 bits per heavy atom. The molecule has 1 aliphatic heterocycles. The van der Waals surface area contributed by atoms with Crippen molar-refractivity contribution in [1.82, 2.24) is 9.80 Å². The van der Waals surface area contributed by atoms with Gasteiger partial charge in [0, 0.05) is 38.6 Å². The highest BCUT2D eigenvalue weighted by Gasteiger charge is 2.17. The minimum absolute atomic E-state index is 0.342. The van der Waals surface area contributed by atoms with Gasteiger partial charge in [-0.3, -0.25) is 4.90 Å². The van der Waals surface area contributed by atoms with Crippen molar-refractivity contribution in [1.29, 1.82) is 0 Å². The Kier molecular flexibility index (Phi) is 6.29. The van der Waals surface area contributed by atoms with Crippen LogP contribution in [0.15, 0.2) is 5.16 Å². The van der Waals surface area contributed by atoms with Gasteiger partial charge < -0.3 is 15.8 Å². The molecule has 100 valence electrons. The molecule has 0 saturated carbocycles. The predicted molar refractivity (Wildman–Crippen MR) is 70.4 cm³/mol. The zero-order chi connectivity index (χ0) is 12.7. The van der Waals surface area contributed by atoms with Crippen LogP contribution in [0.25, 0.3) is 0 Å². The number of oxime groups is 1. The third-order valence-corrected chi connectivity index (χ3v) is 3.42. The van der Waals surface area contributed by atoms with Crippen LogP contribution < -0.4 is 5.73 Å². The monoisotopic (exact) mass is 242 g/mol. The molecule has 1 saturated heterocycles. The van der Waals surface area contributed by atoms with E-state index in [1.54, 1.807) is 0 Å². The standard InChI is InChI=1S/C12H26N4O/c1-11(2)16-9-7-15(8-10-16)6-4-3-5-12(13)14-17/h11,17H,3-10H2,1-2H3,(H2,13,14). The summed E-state index contributed by atoms with van der Waals surface area (Å²) in [7, 11) is 0. The van der Waals surface area contributed by atoms with Gasteiger partial charge in [0.15, 0.2) is 0 Å². The highest BCUT2D eigenvalue weighted by Crippen LogP contribution is 2.07. The Labute approximate surface area is 104 Å². The lowest BCUT2D eigenvalue weighted by Crippen LogP contribution is -2.48. The molecule has 0 aromatic rings. The van der Waals surface area contributed by atoms with Crippen LogP contribution in [-0.2, 0) is 0 Å². The maximum absolute atomic E-state index is 8.41. The Morgan fingerprint density at radius 1 is 1.24 bits per heavy atom. The maximum atomic E-state index is 8.41. The summed E-state index contributed by atoms with van der Waals surface area (Å²) in [5.41, 5.74) is 5.42. The maximum Gasteiger partial charge on any atom is 0.139 e. The van der Waals surface area contributed by atoms with E-state index >= 15 is 0 Å². The van der Waals surface area contributed by atoms with E-state index in [0.29, 0.717) is 18.3 Å². The molecule has 0 amide bonds. The van der Waals surface area contributed by atoms with Gasteiger partial charge in [-0.05, 0) is 33.2 Å². The van der Waals surface area contributed by atoms with Crippen molar-refractivity contribution in [2.45, 2.75) is 39.2 Å². The van der Waals surface area contributed by atoms with Crippen LogP contribution in [-0.4, -0.2) is 59.6 Å². The third-order valence-electron chi connectivity index (χ3n) is 3.42. The molecular formula is C12H26N4O. The van der Waals surface area contributed by atoms with Crippen LogP contribution in [0.1, 0.15) is 33.1 Å². The molecule has 0 aromatic carbocycles. The molecule has 0 atom stereocenters. The van der Waals surface area contributed by atoms with Crippen LogP contribution in [0.4, 0.5) is 0 Å². The van der Waals surface area contributed by atoms with Gasteiger partial charge in [-0.25, -0.2) is 0 Å². The first-order chi connectivity index (χ1) is 8.13. The minimum atomic E-state index is 0.342. The molecule has 0 bridgehead atoms. The minimum Gasteiger partial charge on any atom is -0.409 e. The second-order valence-electron chi connectivity index (χ2n) is 5.02. The summed E-state index contributed by atoms with van der Waals surface area (Å²) in [4.78, 5) is 5.03. The molecule has 0 radical (unpaired) electrons. The highest BCUT2D eigenvalue weighted by molar-refractivity contribution is 5.79. The number of nitrogens with two attached hydrogens (primary N) is 1. The molecule has 3 N–H and O–H groups in total. The summed E-state index contributed by atoms with van der Waals surface area (Å²) in [5.74, 6) is 0.342. The predicted octanol–water partition coefficient (Wildman–Crippen LogP) is 0.929. The van der Waals surface area contributed by atoms with Crippen molar-refractivity contribution in [3.8, 4) is 0 Å².